The molecule has 12 heavy (non-hydrogen) atoms. The number of hydrogen-bond donors (Lipinski definition) is 0. The Labute approximate surface area is 84.4 Å². The second-order valence-corrected chi connectivity index (χ2v) is 4.40. The largest absolute Gasteiger partial charge is 0.468 e. The lowest BCUT2D eigenvalue weighted by atomic mass is 10.0. The molecule has 2 nitrogen and oxygen atoms in total. The van der Waals surface area contributed by atoms with E-state index in [0.717, 1.165) is 0 Å². The molecule has 1 rings (SSSR count). The lowest BCUT2D eigenvalue weighted by Gasteiger charge is -2.22. The summed E-state index contributed by atoms with van der Waals surface area (Å²) in [7, 11) is 1.35. The first-order chi connectivity index (χ1) is 5.58. The zero-order chi connectivity index (χ0) is 9.19. The third kappa shape index (κ3) is 1.90. The van der Waals surface area contributed by atoms with Gasteiger partial charge in [0.1, 0.15) is 4.32 Å². The van der Waals surface area contributed by atoms with Gasteiger partial charge in [0.2, 0.25) is 0 Å². The summed E-state index contributed by atoms with van der Waals surface area (Å²) in [5.74, 6) is -0.329. The van der Waals surface area contributed by atoms with Crippen LogP contribution in [-0.2, 0) is 9.53 Å². The number of ether oxygens (including phenoxy) is 1. The predicted octanol–water partition coefficient (Wildman–Crippen LogP) is 2.38. The van der Waals surface area contributed by atoms with Crippen molar-refractivity contribution in [2.24, 2.45) is 0 Å². The van der Waals surface area contributed by atoms with Crippen LogP contribution in [0.4, 0.5) is 0 Å². The van der Waals surface area contributed by atoms with Gasteiger partial charge >= 0.3 is 5.97 Å². The minimum absolute atomic E-state index is 0.329. The lowest BCUT2D eigenvalue weighted by Crippen LogP contribution is -2.32. The Morgan fingerprint density at radius 2 is 2.50 bits per heavy atom. The quantitative estimate of drug-likeness (QED) is 0.528. The molecular formula is C8H8BrClO2. The maximum atomic E-state index is 11.2. The highest BCUT2D eigenvalue weighted by Crippen LogP contribution is 2.34. The first kappa shape index (κ1) is 9.81. The minimum Gasteiger partial charge on any atom is -0.468 e. The van der Waals surface area contributed by atoms with E-state index in [0.29, 0.717) is 11.5 Å². The number of halogens is 2. The molecule has 0 saturated carbocycles. The highest BCUT2D eigenvalue weighted by atomic mass is 79.9. The van der Waals surface area contributed by atoms with Crippen LogP contribution in [0.15, 0.2) is 23.3 Å². The molecule has 0 spiro atoms. The molecule has 0 aromatic heterocycles. The number of methoxy groups -OCH3 is 1. The van der Waals surface area contributed by atoms with E-state index in [1.807, 2.05) is 0 Å². The Hall–Kier alpha value is -0.280. The standard InChI is InChI=1S/C8H8BrClO2/c1-12-7(11)8(9)4-2-3-6(10)5-8/h2-4H,5H2,1H3. The van der Waals surface area contributed by atoms with E-state index in [1.54, 1.807) is 18.2 Å². The van der Waals surface area contributed by atoms with Crippen LogP contribution < -0.4 is 0 Å². The second-order valence-electron chi connectivity index (χ2n) is 2.50. The van der Waals surface area contributed by atoms with Crippen molar-refractivity contribution in [3.8, 4) is 0 Å². The molecule has 0 saturated heterocycles. The van der Waals surface area contributed by atoms with Gasteiger partial charge < -0.3 is 4.74 Å². The van der Waals surface area contributed by atoms with Gasteiger partial charge in [0.25, 0.3) is 0 Å². The number of hydrogen-bond acceptors (Lipinski definition) is 2. The summed E-state index contributed by atoms with van der Waals surface area (Å²) in [6.45, 7) is 0. The summed E-state index contributed by atoms with van der Waals surface area (Å²) in [5, 5.41) is 0.639. The van der Waals surface area contributed by atoms with Crippen molar-refractivity contribution < 1.29 is 9.53 Å². The van der Waals surface area contributed by atoms with Crippen LogP contribution in [0.5, 0.6) is 0 Å². The summed E-state index contributed by atoms with van der Waals surface area (Å²) >= 11 is 9.05. The number of allylic oxidation sites excluding steroid dienone is 3. The van der Waals surface area contributed by atoms with Crippen molar-refractivity contribution in [1.29, 1.82) is 0 Å². The molecule has 1 aliphatic rings. The van der Waals surface area contributed by atoms with E-state index in [2.05, 4.69) is 20.7 Å². The average molecular weight is 252 g/mol. The Morgan fingerprint density at radius 3 is 3.00 bits per heavy atom. The smallest absolute Gasteiger partial charge is 0.326 e. The van der Waals surface area contributed by atoms with Crippen LogP contribution in [0.1, 0.15) is 6.42 Å². The molecule has 0 aromatic carbocycles. The molecule has 66 valence electrons. The molecule has 0 bridgehead atoms. The zero-order valence-corrected chi connectivity index (χ0v) is 8.85. The Morgan fingerprint density at radius 1 is 1.83 bits per heavy atom. The van der Waals surface area contributed by atoms with Gasteiger partial charge in [0.05, 0.1) is 7.11 Å². The fourth-order valence-electron chi connectivity index (χ4n) is 0.979. The predicted molar refractivity (Wildman–Crippen MR) is 51.4 cm³/mol. The second kappa shape index (κ2) is 3.62. The number of carbonyl (C=O) groups is 1. The normalized spacial score (nSPS) is 28.1. The minimum atomic E-state index is -0.770. The molecule has 0 heterocycles. The first-order valence-corrected chi connectivity index (χ1v) is 4.57. The lowest BCUT2D eigenvalue weighted by molar-refractivity contribution is -0.141. The third-order valence-corrected chi connectivity index (χ3v) is 2.72. The molecule has 0 fully saturated rings. The summed E-state index contributed by atoms with van der Waals surface area (Å²) < 4.78 is 3.85. The van der Waals surface area contributed by atoms with Crippen LogP contribution in [0.25, 0.3) is 0 Å². The van der Waals surface area contributed by atoms with Crippen molar-refractivity contribution in [2.45, 2.75) is 10.7 Å². The van der Waals surface area contributed by atoms with E-state index >= 15 is 0 Å². The summed E-state index contributed by atoms with van der Waals surface area (Å²) in [5.41, 5.74) is 0. The van der Waals surface area contributed by atoms with Crippen molar-refractivity contribution in [3.63, 3.8) is 0 Å². The maximum absolute atomic E-state index is 11.2. The van der Waals surface area contributed by atoms with Crippen LogP contribution in [0.3, 0.4) is 0 Å². The van der Waals surface area contributed by atoms with Gasteiger partial charge in [-0.3, -0.25) is 4.79 Å². The van der Waals surface area contributed by atoms with Crippen LogP contribution in [-0.4, -0.2) is 17.4 Å². The maximum Gasteiger partial charge on any atom is 0.326 e. The van der Waals surface area contributed by atoms with Crippen LogP contribution in [0.2, 0.25) is 0 Å². The van der Waals surface area contributed by atoms with Gasteiger partial charge in [-0.15, -0.1) is 0 Å². The number of esters is 1. The molecule has 1 aliphatic carbocycles. The van der Waals surface area contributed by atoms with Gasteiger partial charge in [-0.2, -0.15) is 0 Å². The summed E-state index contributed by atoms with van der Waals surface area (Å²) in [4.78, 5) is 11.2. The number of rotatable bonds is 1. The SMILES string of the molecule is COC(=O)C1(Br)C=CC=C(Cl)C1. The van der Waals surface area contributed by atoms with Crippen LogP contribution in [0, 0.1) is 0 Å². The molecule has 0 amide bonds. The molecule has 0 N–H and O–H groups in total. The van der Waals surface area contributed by atoms with Gasteiger partial charge in [-0.25, -0.2) is 0 Å². The summed E-state index contributed by atoms with van der Waals surface area (Å²) in [6.07, 6.45) is 5.66. The number of alkyl halides is 1. The van der Waals surface area contributed by atoms with Crippen molar-refractivity contribution in [1.82, 2.24) is 0 Å². The average Bonchev–Trinajstić information content (AvgIpc) is 2.02. The van der Waals surface area contributed by atoms with Crippen molar-refractivity contribution >= 4 is 33.5 Å². The molecule has 1 unspecified atom stereocenters. The molecule has 0 aromatic rings. The molecule has 0 aliphatic heterocycles. The Balaban J connectivity index is 2.82. The van der Waals surface area contributed by atoms with E-state index in [4.69, 9.17) is 11.6 Å². The Kier molecular flexibility index (Phi) is 2.96. The fraction of sp³-hybridized carbons (Fsp3) is 0.375. The van der Waals surface area contributed by atoms with Gasteiger partial charge in [0.15, 0.2) is 0 Å². The van der Waals surface area contributed by atoms with Crippen molar-refractivity contribution in [2.75, 3.05) is 7.11 Å². The van der Waals surface area contributed by atoms with Crippen LogP contribution >= 0.6 is 27.5 Å². The van der Waals surface area contributed by atoms with Gasteiger partial charge in [-0.05, 0) is 6.08 Å². The van der Waals surface area contributed by atoms with E-state index in [-0.39, 0.29) is 5.97 Å². The third-order valence-electron chi connectivity index (χ3n) is 1.59. The molecule has 0 radical (unpaired) electrons. The highest BCUT2D eigenvalue weighted by Gasteiger charge is 2.35. The van der Waals surface area contributed by atoms with E-state index < -0.39 is 4.32 Å². The van der Waals surface area contributed by atoms with E-state index in [9.17, 15) is 4.79 Å². The van der Waals surface area contributed by atoms with Gasteiger partial charge in [-0.1, -0.05) is 39.7 Å². The highest BCUT2D eigenvalue weighted by molar-refractivity contribution is 9.10. The van der Waals surface area contributed by atoms with E-state index in [1.165, 1.54) is 7.11 Å². The number of carbonyl (C=O) groups excluding carboxylic acids is 1. The molecule has 4 heteroatoms. The molecule has 1 atom stereocenters. The zero-order valence-electron chi connectivity index (χ0n) is 6.51. The fourth-order valence-corrected chi connectivity index (χ4v) is 2.04. The first-order valence-electron chi connectivity index (χ1n) is 3.40. The van der Waals surface area contributed by atoms with Crippen molar-refractivity contribution in [3.05, 3.63) is 23.3 Å². The Bertz CT molecular complexity index is 260. The summed E-state index contributed by atoms with van der Waals surface area (Å²) in [6, 6.07) is 0. The monoisotopic (exact) mass is 250 g/mol. The van der Waals surface area contributed by atoms with Gasteiger partial charge in [0, 0.05) is 11.5 Å². The molecular weight excluding hydrogens is 243 g/mol. The topological polar surface area (TPSA) is 26.3 Å².